The molecule has 1 aromatic heterocycles. The summed E-state index contributed by atoms with van der Waals surface area (Å²) in [4.78, 5) is 19.9. The predicted molar refractivity (Wildman–Crippen MR) is 130 cm³/mol. The first-order chi connectivity index (χ1) is 16.5. The highest BCUT2D eigenvalue weighted by atomic mass is 16.5. The molecule has 34 heavy (non-hydrogen) atoms. The number of nitrogen functional groups attached to an aromatic ring is 1. The van der Waals surface area contributed by atoms with Gasteiger partial charge in [-0.05, 0) is 54.7 Å². The fraction of sp³-hybridized carbons (Fsp3) is 0.556. The largest absolute Gasteiger partial charge is 0.393 e. The summed E-state index contributed by atoms with van der Waals surface area (Å²) < 4.78 is 5.41. The van der Waals surface area contributed by atoms with Crippen molar-refractivity contribution in [1.82, 2.24) is 15.2 Å². The van der Waals surface area contributed by atoms with E-state index < -0.39 is 0 Å². The van der Waals surface area contributed by atoms with Gasteiger partial charge in [-0.2, -0.15) is 0 Å². The van der Waals surface area contributed by atoms with Crippen molar-refractivity contribution < 1.29 is 14.6 Å². The molecule has 4 aliphatic rings. The third-order valence-corrected chi connectivity index (χ3v) is 8.95. The molecule has 0 spiro atoms. The fourth-order valence-corrected chi connectivity index (χ4v) is 6.51. The number of hydrogen-bond donors (Lipinski definition) is 3. The Bertz CT molecular complexity index is 1080. The number of amides is 1. The molecule has 1 amide bonds. The number of aliphatic hydroxyl groups is 1. The van der Waals surface area contributed by atoms with Gasteiger partial charge in [0.25, 0.3) is 5.91 Å². The number of nitrogens with one attached hydrogen (secondary N) is 1. The van der Waals surface area contributed by atoms with E-state index in [9.17, 15) is 9.90 Å². The predicted octanol–water partition coefficient (Wildman–Crippen LogP) is 2.58. The Morgan fingerprint density at radius 3 is 2.59 bits per heavy atom. The van der Waals surface area contributed by atoms with Crippen molar-refractivity contribution in [3.63, 3.8) is 0 Å². The van der Waals surface area contributed by atoms with Gasteiger partial charge < -0.3 is 20.9 Å². The molecule has 7 nitrogen and oxygen atoms in total. The standard InChI is InChI=1S/C27H34N4O3/c1-16-24-12-31(21-13-34-14-21)15-27(16,24)19-4-2-17(3-5-19)18-10-23(25(28)29-11-18)26(33)30-20-6-8-22(32)9-7-20/h2-5,10-11,16,20-22,24,32H,6-9,12-15H2,1H3,(H2,28,29)(H,30,33)/t16-,20?,22?,24+,27-/m0/s1. The number of aliphatic hydroxyl groups excluding tert-OH is 1. The number of ether oxygens (including phenoxy) is 1. The summed E-state index contributed by atoms with van der Waals surface area (Å²) in [6, 6.07) is 11.3. The maximum Gasteiger partial charge on any atom is 0.255 e. The van der Waals surface area contributed by atoms with Gasteiger partial charge in [0.2, 0.25) is 0 Å². The quantitative estimate of drug-likeness (QED) is 0.632. The molecule has 1 aromatic carbocycles. The minimum Gasteiger partial charge on any atom is -0.393 e. The van der Waals surface area contributed by atoms with E-state index in [4.69, 9.17) is 10.5 Å². The molecule has 7 heteroatoms. The van der Waals surface area contributed by atoms with Crippen LogP contribution in [0, 0.1) is 11.8 Å². The molecule has 2 aliphatic heterocycles. The molecule has 3 atom stereocenters. The zero-order valence-electron chi connectivity index (χ0n) is 19.7. The lowest BCUT2D eigenvalue weighted by Gasteiger charge is -2.36. The Hall–Kier alpha value is -2.48. The number of hydrogen-bond acceptors (Lipinski definition) is 6. The van der Waals surface area contributed by atoms with E-state index in [2.05, 4.69) is 46.4 Å². The lowest BCUT2D eigenvalue weighted by Crippen LogP contribution is -2.49. The lowest BCUT2D eigenvalue weighted by molar-refractivity contribution is -0.0622. The van der Waals surface area contributed by atoms with Crippen LogP contribution in [0.3, 0.4) is 0 Å². The maximum absolute atomic E-state index is 12.9. The SMILES string of the molecule is C[C@H]1[C@H]2CN(C3COC3)C[C@]21c1ccc(-c2cnc(N)c(C(=O)NC3CCC(O)CC3)c2)cc1. The number of likely N-dealkylation sites (tertiary alicyclic amines) is 1. The van der Waals surface area contributed by atoms with Gasteiger partial charge in [0, 0.05) is 36.3 Å². The molecular formula is C27H34N4O3. The molecule has 2 aromatic rings. The number of aromatic nitrogens is 1. The minimum atomic E-state index is -0.251. The summed E-state index contributed by atoms with van der Waals surface area (Å²) in [6.45, 7) is 6.43. The monoisotopic (exact) mass is 462 g/mol. The summed E-state index contributed by atoms with van der Waals surface area (Å²) in [5.41, 5.74) is 10.1. The van der Waals surface area contributed by atoms with Gasteiger partial charge in [-0.1, -0.05) is 31.2 Å². The first-order valence-electron chi connectivity index (χ1n) is 12.6. The smallest absolute Gasteiger partial charge is 0.255 e. The average Bonchev–Trinajstić information content (AvgIpc) is 3.16. The van der Waals surface area contributed by atoms with Crippen LogP contribution in [0.5, 0.6) is 0 Å². The van der Waals surface area contributed by atoms with Crippen LogP contribution in [0.1, 0.15) is 48.5 Å². The number of fused-ring (bicyclic) bond motifs is 1. The maximum atomic E-state index is 12.9. The van der Waals surface area contributed by atoms with E-state index in [-0.39, 0.29) is 29.3 Å². The molecule has 4 N–H and O–H groups in total. The van der Waals surface area contributed by atoms with Crippen LogP contribution in [-0.4, -0.2) is 65.4 Å². The summed E-state index contributed by atoms with van der Waals surface area (Å²) in [5.74, 6) is 1.50. The molecule has 4 fully saturated rings. The van der Waals surface area contributed by atoms with Crippen LogP contribution in [0.2, 0.25) is 0 Å². The number of nitrogens with zero attached hydrogens (tertiary/aromatic N) is 2. The summed E-state index contributed by atoms with van der Waals surface area (Å²) >= 11 is 0. The minimum absolute atomic E-state index is 0.0726. The molecule has 3 heterocycles. The van der Waals surface area contributed by atoms with E-state index >= 15 is 0 Å². The molecule has 2 saturated carbocycles. The van der Waals surface area contributed by atoms with E-state index in [1.165, 1.54) is 12.1 Å². The van der Waals surface area contributed by atoms with Gasteiger partial charge in [-0.3, -0.25) is 9.69 Å². The molecule has 0 radical (unpaired) electrons. The van der Waals surface area contributed by atoms with Gasteiger partial charge in [0.05, 0.1) is 30.9 Å². The van der Waals surface area contributed by atoms with E-state index in [0.717, 1.165) is 62.5 Å². The second kappa shape index (κ2) is 8.33. The first-order valence-corrected chi connectivity index (χ1v) is 12.6. The molecule has 180 valence electrons. The van der Waals surface area contributed by atoms with Crippen LogP contribution < -0.4 is 11.1 Å². The Kier molecular flexibility index (Phi) is 5.39. The van der Waals surface area contributed by atoms with Crippen LogP contribution in [0.15, 0.2) is 36.5 Å². The van der Waals surface area contributed by atoms with Crippen molar-refractivity contribution in [3.05, 3.63) is 47.7 Å². The summed E-state index contributed by atoms with van der Waals surface area (Å²) in [5, 5.41) is 12.8. The Morgan fingerprint density at radius 1 is 1.18 bits per heavy atom. The molecule has 0 bridgehead atoms. The second-order valence-electron chi connectivity index (χ2n) is 10.8. The third kappa shape index (κ3) is 3.61. The lowest BCUT2D eigenvalue weighted by atomic mass is 9.91. The van der Waals surface area contributed by atoms with E-state index in [1.54, 1.807) is 6.20 Å². The van der Waals surface area contributed by atoms with Gasteiger partial charge in [0.1, 0.15) is 5.82 Å². The fourth-order valence-electron chi connectivity index (χ4n) is 6.51. The van der Waals surface area contributed by atoms with Crippen LogP contribution in [0.25, 0.3) is 11.1 Å². The van der Waals surface area contributed by atoms with Crippen LogP contribution in [-0.2, 0) is 10.2 Å². The molecule has 2 saturated heterocycles. The topological polar surface area (TPSA) is 101 Å². The van der Waals surface area contributed by atoms with Gasteiger partial charge in [-0.15, -0.1) is 0 Å². The Morgan fingerprint density at radius 2 is 1.91 bits per heavy atom. The van der Waals surface area contributed by atoms with Crippen molar-refractivity contribution in [2.24, 2.45) is 11.8 Å². The third-order valence-electron chi connectivity index (χ3n) is 8.95. The molecule has 0 unspecified atom stereocenters. The highest BCUT2D eigenvalue weighted by molar-refractivity contribution is 5.99. The van der Waals surface area contributed by atoms with Gasteiger partial charge in [-0.25, -0.2) is 4.98 Å². The molecule has 6 rings (SSSR count). The highest BCUT2D eigenvalue weighted by Crippen LogP contribution is 2.64. The van der Waals surface area contributed by atoms with E-state index in [0.29, 0.717) is 17.5 Å². The zero-order valence-corrected chi connectivity index (χ0v) is 19.7. The molecular weight excluding hydrogens is 428 g/mol. The van der Waals surface area contributed by atoms with Gasteiger partial charge >= 0.3 is 0 Å². The number of anilines is 1. The van der Waals surface area contributed by atoms with Gasteiger partial charge in [0.15, 0.2) is 0 Å². The number of benzene rings is 1. The van der Waals surface area contributed by atoms with Crippen molar-refractivity contribution in [2.45, 2.75) is 56.2 Å². The number of carbonyl (C=O) groups excluding carboxylic acids is 1. The van der Waals surface area contributed by atoms with E-state index in [1.807, 2.05) is 6.07 Å². The molecule has 2 aliphatic carbocycles. The van der Waals surface area contributed by atoms with Crippen LogP contribution in [0.4, 0.5) is 5.82 Å². The second-order valence-corrected chi connectivity index (χ2v) is 10.8. The zero-order chi connectivity index (χ0) is 23.4. The highest BCUT2D eigenvalue weighted by Gasteiger charge is 2.67. The van der Waals surface area contributed by atoms with Crippen molar-refractivity contribution in [1.29, 1.82) is 0 Å². The number of pyridine rings is 1. The number of piperidine rings is 1. The average molecular weight is 463 g/mol. The number of rotatable bonds is 5. The number of nitrogens with two attached hydrogens (primary N) is 1. The normalized spacial score (nSPS) is 33.2. The van der Waals surface area contributed by atoms with Crippen molar-refractivity contribution in [2.75, 3.05) is 32.0 Å². The van der Waals surface area contributed by atoms with Crippen molar-refractivity contribution in [3.8, 4) is 11.1 Å². The van der Waals surface area contributed by atoms with Crippen LogP contribution >= 0.6 is 0 Å². The summed E-state index contributed by atoms with van der Waals surface area (Å²) in [6.07, 6.45) is 4.50. The number of carbonyl (C=O) groups is 1. The summed E-state index contributed by atoms with van der Waals surface area (Å²) in [7, 11) is 0. The van der Waals surface area contributed by atoms with Crippen molar-refractivity contribution >= 4 is 11.7 Å². The Balaban J connectivity index is 1.18. The first kappa shape index (κ1) is 22.0. The Labute approximate surface area is 200 Å².